The van der Waals surface area contributed by atoms with Crippen LogP contribution >= 0.6 is 0 Å². The highest BCUT2D eigenvalue weighted by Crippen LogP contribution is 2.17. The van der Waals surface area contributed by atoms with Crippen molar-refractivity contribution < 1.29 is 13.9 Å². The number of aromatic nitrogens is 1. The summed E-state index contributed by atoms with van der Waals surface area (Å²) >= 11 is 0. The van der Waals surface area contributed by atoms with Crippen molar-refractivity contribution in [2.24, 2.45) is 0 Å². The Bertz CT molecular complexity index is 725. The molecule has 4 heteroatoms. The van der Waals surface area contributed by atoms with Crippen LogP contribution in [0.15, 0.2) is 53.3 Å². The standard InChI is InChI=1S/C16H15NO3/c1-2-19-11-12-9-13-5-3-7-17(13)14(10-12)16(18)15-6-4-8-20-15/h3-10H,2,11H2,1H3. The molecule has 0 aliphatic rings. The smallest absolute Gasteiger partial charge is 0.244 e. The van der Waals surface area contributed by atoms with Gasteiger partial charge in [0.1, 0.15) is 0 Å². The van der Waals surface area contributed by atoms with Gasteiger partial charge in [0.2, 0.25) is 5.78 Å². The average molecular weight is 269 g/mol. The van der Waals surface area contributed by atoms with E-state index in [4.69, 9.17) is 9.15 Å². The molecule has 20 heavy (non-hydrogen) atoms. The van der Waals surface area contributed by atoms with Gasteiger partial charge in [-0.3, -0.25) is 4.79 Å². The molecule has 0 N–H and O–H groups in total. The van der Waals surface area contributed by atoms with Crippen molar-refractivity contribution in [2.75, 3.05) is 6.61 Å². The SMILES string of the molecule is CCOCc1cc(C(=O)c2ccco2)n2cccc2c1. The Labute approximate surface area is 116 Å². The minimum absolute atomic E-state index is 0.130. The first-order valence-corrected chi connectivity index (χ1v) is 6.55. The van der Waals surface area contributed by atoms with Gasteiger partial charge in [-0.1, -0.05) is 0 Å². The third-order valence-corrected chi connectivity index (χ3v) is 3.15. The minimum atomic E-state index is -0.130. The zero-order valence-electron chi connectivity index (χ0n) is 11.2. The first kappa shape index (κ1) is 12.7. The van der Waals surface area contributed by atoms with Gasteiger partial charge in [0.05, 0.1) is 18.6 Å². The molecule has 3 aromatic heterocycles. The van der Waals surface area contributed by atoms with E-state index in [9.17, 15) is 4.79 Å². The van der Waals surface area contributed by atoms with Crippen LogP contribution in [0.2, 0.25) is 0 Å². The molecule has 0 saturated carbocycles. The molecule has 0 aliphatic heterocycles. The summed E-state index contributed by atoms with van der Waals surface area (Å²) < 4.78 is 12.5. The largest absolute Gasteiger partial charge is 0.461 e. The molecule has 0 amide bonds. The van der Waals surface area contributed by atoms with Crippen LogP contribution in [0.25, 0.3) is 5.52 Å². The van der Waals surface area contributed by atoms with Gasteiger partial charge in [0, 0.05) is 18.3 Å². The lowest BCUT2D eigenvalue weighted by Crippen LogP contribution is -2.08. The number of rotatable bonds is 5. The topological polar surface area (TPSA) is 43.8 Å². The number of fused-ring (bicyclic) bond motifs is 1. The second kappa shape index (κ2) is 5.35. The molecule has 3 aromatic rings. The molecule has 102 valence electrons. The summed E-state index contributed by atoms with van der Waals surface area (Å²) in [4.78, 5) is 12.5. The Hall–Kier alpha value is -2.33. The van der Waals surface area contributed by atoms with Gasteiger partial charge in [-0.15, -0.1) is 0 Å². The lowest BCUT2D eigenvalue weighted by Gasteiger charge is -2.08. The third kappa shape index (κ3) is 2.26. The molecule has 0 unspecified atom stereocenters. The lowest BCUT2D eigenvalue weighted by molar-refractivity contribution is 0.100. The lowest BCUT2D eigenvalue weighted by atomic mass is 10.1. The summed E-state index contributed by atoms with van der Waals surface area (Å²) in [6, 6.07) is 11.1. The summed E-state index contributed by atoms with van der Waals surface area (Å²) in [5.41, 5.74) is 2.53. The highest BCUT2D eigenvalue weighted by molar-refractivity contribution is 6.06. The van der Waals surface area contributed by atoms with Crippen molar-refractivity contribution in [2.45, 2.75) is 13.5 Å². The Morgan fingerprint density at radius 1 is 1.30 bits per heavy atom. The Balaban J connectivity index is 2.08. The Kier molecular flexibility index (Phi) is 3.39. The van der Waals surface area contributed by atoms with Gasteiger partial charge in [0.15, 0.2) is 5.76 Å². The van der Waals surface area contributed by atoms with Crippen molar-refractivity contribution in [3.63, 3.8) is 0 Å². The molecule has 0 bridgehead atoms. The van der Waals surface area contributed by atoms with Crippen LogP contribution in [0.4, 0.5) is 0 Å². The number of ether oxygens (including phenoxy) is 1. The Morgan fingerprint density at radius 3 is 2.95 bits per heavy atom. The molecule has 4 nitrogen and oxygen atoms in total. The summed E-state index contributed by atoms with van der Waals surface area (Å²) in [6.07, 6.45) is 3.38. The molecule has 3 rings (SSSR count). The van der Waals surface area contributed by atoms with Gasteiger partial charge in [-0.25, -0.2) is 0 Å². The van der Waals surface area contributed by atoms with Crippen LogP contribution in [0, 0.1) is 0 Å². The van der Waals surface area contributed by atoms with E-state index < -0.39 is 0 Å². The van der Waals surface area contributed by atoms with Crippen molar-refractivity contribution in [1.29, 1.82) is 0 Å². The predicted molar refractivity (Wildman–Crippen MR) is 74.9 cm³/mol. The maximum atomic E-state index is 12.5. The van der Waals surface area contributed by atoms with Crippen LogP contribution in [-0.2, 0) is 11.3 Å². The van der Waals surface area contributed by atoms with E-state index in [1.54, 1.807) is 12.1 Å². The van der Waals surface area contributed by atoms with E-state index in [-0.39, 0.29) is 5.78 Å². The predicted octanol–water partition coefficient (Wildman–Crippen LogP) is 3.30. The maximum Gasteiger partial charge on any atom is 0.244 e. The van der Waals surface area contributed by atoms with Crippen LogP contribution in [0.3, 0.4) is 0 Å². The third-order valence-electron chi connectivity index (χ3n) is 3.15. The number of carbonyl (C=O) groups excluding carboxylic acids is 1. The quantitative estimate of drug-likeness (QED) is 0.667. The average Bonchev–Trinajstić information content (AvgIpc) is 3.13. The van der Waals surface area contributed by atoms with Gasteiger partial charge >= 0.3 is 0 Å². The molecule has 0 aliphatic carbocycles. The van der Waals surface area contributed by atoms with E-state index >= 15 is 0 Å². The summed E-state index contributed by atoms with van der Waals surface area (Å²) in [5.74, 6) is 0.211. The number of ketones is 1. The van der Waals surface area contributed by atoms with Gasteiger partial charge in [-0.2, -0.15) is 0 Å². The molecule has 0 radical (unpaired) electrons. The summed E-state index contributed by atoms with van der Waals surface area (Å²) in [7, 11) is 0. The normalized spacial score (nSPS) is 11.1. The number of pyridine rings is 1. The van der Waals surface area contributed by atoms with E-state index in [1.165, 1.54) is 6.26 Å². The second-order valence-electron chi connectivity index (χ2n) is 4.50. The number of nitrogens with zero attached hydrogens (tertiary/aromatic N) is 1. The summed E-state index contributed by atoms with van der Waals surface area (Å²) in [6.45, 7) is 3.09. The molecule has 0 atom stereocenters. The van der Waals surface area contributed by atoms with E-state index in [0.717, 1.165) is 11.1 Å². The molecule has 0 spiro atoms. The Morgan fingerprint density at radius 2 is 2.20 bits per heavy atom. The first-order chi connectivity index (χ1) is 9.79. The fourth-order valence-electron chi connectivity index (χ4n) is 2.22. The van der Waals surface area contributed by atoms with Gasteiger partial charge in [0.25, 0.3) is 0 Å². The number of hydrogen-bond acceptors (Lipinski definition) is 3. The molecular formula is C16H15NO3. The fraction of sp³-hybridized carbons (Fsp3) is 0.188. The van der Waals surface area contributed by atoms with Crippen molar-refractivity contribution in [3.05, 3.63) is 65.9 Å². The minimum Gasteiger partial charge on any atom is -0.461 e. The number of carbonyl (C=O) groups is 1. The number of furan rings is 1. The van der Waals surface area contributed by atoms with Gasteiger partial charge in [-0.05, 0) is 48.9 Å². The van der Waals surface area contributed by atoms with Crippen LogP contribution < -0.4 is 0 Å². The van der Waals surface area contributed by atoms with Crippen LogP contribution in [0.1, 0.15) is 28.7 Å². The zero-order valence-corrected chi connectivity index (χ0v) is 11.2. The highest BCUT2D eigenvalue weighted by atomic mass is 16.5. The van der Waals surface area contributed by atoms with Crippen LogP contribution in [-0.4, -0.2) is 16.8 Å². The van der Waals surface area contributed by atoms with Gasteiger partial charge < -0.3 is 13.6 Å². The first-order valence-electron chi connectivity index (χ1n) is 6.55. The molecular weight excluding hydrogens is 254 g/mol. The van der Waals surface area contributed by atoms with Crippen molar-refractivity contribution >= 4 is 11.3 Å². The maximum absolute atomic E-state index is 12.5. The number of hydrogen-bond donors (Lipinski definition) is 0. The zero-order chi connectivity index (χ0) is 13.9. The monoisotopic (exact) mass is 269 g/mol. The highest BCUT2D eigenvalue weighted by Gasteiger charge is 2.16. The second-order valence-corrected chi connectivity index (χ2v) is 4.50. The fourth-order valence-corrected chi connectivity index (χ4v) is 2.22. The molecule has 3 heterocycles. The molecule has 0 saturated heterocycles. The van der Waals surface area contributed by atoms with E-state index in [0.29, 0.717) is 24.7 Å². The van der Waals surface area contributed by atoms with Crippen molar-refractivity contribution in [3.8, 4) is 0 Å². The molecule has 0 fully saturated rings. The summed E-state index contributed by atoms with van der Waals surface area (Å²) in [5, 5.41) is 0. The van der Waals surface area contributed by atoms with Crippen LogP contribution in [0.5, 0.6) is 0 Å². The van der Waals surface area contributed by atoms with Crippen molar-refractivity contribution in [1.82, 2.24) is 4.40 Å². The molecule has 0 aromatic carbocycles. The van der Waals surface area contributed by atoms with E-state index in [1.807, 2.05) is 41.8 Å². The van der Waals surface area contributed by atoms with E-state index in [2.05, 4.69) is 0 Å².